The first-order valence-corrected chi connectivity index (χ1v) is 34.3. The van der Waals surface area contributed by atoms with Crippen molar-refractivity contribution in [1.82, 2.24) is 62.6 Å². The first kappa shape index (κ1) is 83.9. The zero-order valence-electron chi connectivity index (χ0n) is 58.7. The number of hydrogen-bond acceptors (Lipinski definition) is 18. The molecular weight excluding hydrogens is 1320 g/mol. The lowest BCUT2D eigenvalue weighted by Gasteiger charge is -2.33. The number of rotatable bonds is 40. The molecule has 1 aromatic carbocycles. The molecule has 3 aliphatic rings. The number of nitrogens with zero attached hydrogens (tertiary/aromatic N) is 3. The summed E-state index contributed by atoms with van der Waals surface area (Å²) in [6, 6.07) is -10.4. The summed E-state index contributed by atoms with van der Waals surface area (Å²) in [5.41, 5.74) is 15.3. The van der Waals surface area contributed by atoms with Gasteiger partial charge in [-0.25, -0.2) is 4.79 Å². The summed E-state index contributed by atoms with van der Waals surface area (Å²) in [5, 5.41) is 61.8. The van der Waals surface area contributed by atoms with Crippen molar-refractivity contribution in [2.45, 2.75) is 237 Å². The van der Waals surface area contributed by atoms with Gasteiger partial charge >= 0.3 is 11.9 Å². The molecule has 0 aliphatic carbocycles. The highest BCUT2D eigenvalue weighted by molar-refractivity contribution is 6.00. The average Bonchev–Trinajstić information content (AvgIpc) is 1.72. The SMILES string of the molecule is CC(C)C[C@H](NC(=O)[C@H](CCC(N)=O)NC(=O)CNC(=O)[C@H](CCC(N)=O)NC(=O)[C@@H]1CCCN1C(=O)[C@H](CC(C)C)NC(=O)[C@@H]1CCCN1C(=O)[C@H](CCC(=O)O)NC(=O)[C@@H]1CCCN1C(=O)[C@@H]([NH3+])CC(C)C)C(=O)N[C@H](C(=O)N[C@@H](C)C(=O)N[C@@H](Cc1ccc(O)cc1)C(=O)O)[C@@H](C)O. The highest BCUT2D eigenvalue weighted by Crippen LogP contribution is 2.26. The van der Waals surface area contributed by atoms with Crippen molar-refractivity contribution in [3.63, 3.8) is 0 Å². The zero-order valence-corrected chi connectivity index (χ0v) is 58.7. The summed E-state index contributed by atoms with van der Waals surface area (Å²) in [6.07, 6.45) is -2.38. The topological polar surface area (TPSA) is 552 Å². The van der Waals surface area contributed by atoms with Gasteiger partial charge in [0.05, 0.1) is 12.6 Å². The second-order valence-corrected chi connectivity index (χ2v) is 27.4. The third kappa shape index (κ3) is 26.8. The minimum absolute atomic E-state index is 0.0222. The number of phenolic OH excluding ortho intramolecular Hbond substituents is 1. The summed E-state index contributed by atoms with van der Waals surface area (Å²) in [4.78, 5) is 219. The Morgan fingerprint density at radius 3 is 1.38 bits per heavy atom. The van der Waals surface area contributed by atoms with Crippen molar-refractivity contribution in [2.24, 2.45) is 29.2 Å². The molecule has 3 heterocycles. The number of amides is 14. The number of benzene rings is 1. The summed E-state index contributed by atoms with van der Waals surface area (Å²) >= 11 is 0. The van der Waals surface area contributed by atoms with Crippen molar-refractivity contribution in [3.8, 4) is 5.75 Å². The fourth-order valence-electron chi connectivity index (χ4n) is 12.3. The Hall–Kier alpha value is -9.54. The minimum atomic E-state index is -1.76. The van der Waals surface area contributed by atoms with Crippen LogP contribution in [0.5, 0.6) is 5.75 Å². The van der Waals surface area contributed by atoms with E-state index in [0.717, 1.165) is 6.92 Å². The van der Waals surface area contributed by atoms with Crippen LogP contribution in [0.4, 0.5) is 0 Å². The summed E-state index contributed by atoms with van der Waals surface area (Å²) in [5.74, 6) is -15.0. The van der Waals surface area contributed by atoms with E-state index in [1.165, 1.54) is 45.9 Å². The fourth-order valence-corrected chi connectivity index (χ4v) is 12.3. The van der Waals surface area contributed by atoms with Gasteiger partial charge < -0.3 is 100 Å². The highest BCUT2D eigenvalue weighted by atomic mass is 16.4. The molecule has 0 aromatic heterocycles. The highest BCUT2D eigenvalue weighted by Gasteiger charge is 2.45. The largest absolute Gasteiger partial charge is 0.508 e. The van der Waals surface area contributed by atoms with E-state index in [1.54, 1.807) is 27.7 Å². The first-order valence-electron chi connectivity index (χ1n) is 34.3. The predicted octanol–water partition coefficient (Wildman–Crippen LogP) is -4.47. The Morgan fingerprint density at radius 2 is 0.911 bits per heavy atom. The number of carbonyl (C=O) groups is 16. The second kappa shape index (κ2) is 40.0. The van der Waals surface area contributed by atoms with Crippen LogP contribution >= 0.6 is 0 Å². The second-order valence-electron chi connectivity index (χ2n) is 27.4. The quantitative estimate of drug-likeness (QED) is 0.0295. The Kier molecular flexibility index (Phi) is 33.3. The number of quaternary nitrogens is 1. The lowest BCUT2D eigenvalue weighted by atomic mass is 10.0. The van der Waals surface area contributed by atoms with Crippen molar-refractivity contribution >= 4 is 94.6 Å². The van der Waals surface area contributed by atoms with Gasteiger partial charge in [0.25, 0.3) is 5.91 Å². The van der Waals surface area contributed by atoms with E-state index >= 15 is 0 Å². The Bertz CT molecular complexity index is 3150. The predicted molar refractivity (Wildman–Crippen MR) is 358 cm³/mol. The maximum absolute atomic E-state index is 14.6. The van der Waals surface area contributed by atoms with Crippen LogP contribution < -0.4 is 65.1 Å². The number of likely N-dealkylation sites (tertiary alicyclic amines) is 3. The van der Waals surface area contributed by atoms with Crippen LogP contribution in [0.3, 0.4) is 0 Å². The van der Waals surface area contributed by atoms with Crippen LogP contribution in [0.1, 0.15) is 157 Å². The monoisotopic (exact) mass is 1430 g/mol. The van der Waals surface area contributed by atoms with Gasteiger partial charge in [-0.3, -0.25) is 71.9 Å². The van der Waals surface area contributed by atoms with E-state index in [2.05, 4.69) is 53.6 Å². The molecule has 35 nitrogen and oxygen atoms in total. The van der Waals surface area contributed by atoms with Crippen LogP contribution in [-0.2, 0) is 83.1 Å². The molecular formula is C66H104N15O20+. The number of aromatic hydroxyl groups is 1. The van der Waals surface area contributed by atoms with Crippen molar-refractivity contribution in [1.29, 1.82) is 0 Å². The van der Waals surface area contributed by atoms with E-state index in [0.29, 0.717) is 31.2 Å². The molecule has 562 valence electrons. The Balaban J connectivity index is 1.44. The summed E-state index contributed by atoms with van der Waals surface area (Å²) in [7, 11) is 0. The molecule has 101 heavy (non-hydrogen) atoms. The molecule has 0 spiro atoms. The first-order chi connectivity index (χ1) is 47.4. The van der Waals surface area contributed by atoms with Crippen molar-refractivity contribution in [2.75, 3.05) is 26.2 Å². The number of aliphatic hydroxyl groups is 1. The molecule has 3 aliphatic heterocycles. The number of carboxylic acid groups (broad SMARTS) is 2. The van der Waals surface area contributed by atoms with Crippen molar-refractivity contribution < 1.29 is 103 Å². The average molecular weight is 1430 g/mol. The molecule has 3 saturated heterocycles. The van der Waals surface area contributed by atoms with E-state index in [-0.39, 0.29) is 94.0 Å². The van der Waals surface area contributed by atoms with E-state index < -0.39 is 206 Å². The van der Waals surface area contributed by atoms with Gasteiger partial charge in [0, 0.05) is 51.7 Å². The van der Waals surface area contributed by atoms with Gasteiger partial charge in [-0.2, -0.15) is 0 Å². The maximum atomic E-state index is 14.6. The number of nitrogens with one attached hydrogen (secondary N) is 9. The van der Waals surface area contributed by atoms with Crippen molar-refractivity contribution in [3.05, 3.63) is 29.8 Å². The molecule has 1 aromatic rings. The van der Waals surface area contributed by atoms with Gasteiger partial charge in [-0.1, -0.05) is 53.7 Å². The minimum Gasteiger partial charge on any atom is -0.508 e. The maximum Gasteiger partial charge on any atom is 0.326 e. The smallest absolute Gasteiger partial charge is 0.326 e. The molecule has 0 radical (unpaired) electrons. The number of carboxylic acids is 2. The van der Waals surface area contributed by atoms with Crippen LogP contribution in [0.2, 0.25) is 0 Å². The lowest BCUT2D eigenvalue weighted by molar-refractivity contribution is -0.408. The lowest BCUT2D eigenvalue weighted by Crippen LogP contribution is -2.69. The number of aliphatic carboxylic acids is 2. The van der Waals surface area contributed by atoms with Crippen LogP contribution in [0.25, 0.3) is 0 Å². The molecule has 14 amide bonds. The molecule has 4 rings (SSSR count). The standard InChI is InChI=1S/C66H103N15O20/c1-33(2)28-40(67)63(97)79-25-9-12-47(79)60(94)74-43(21-24-53(87)88)64(98)80-26-10-14-49(80)61(95)76-45(30-35(5)6)65(99)81-27-11-13-48(81)59(93)73-41(19-22-50(68)84)56(90)70-32-52(86)72-42(20-23-51(69)85)57(91)75-44(29-34(3)4)58(92)78-54(37(8)82)62(96)71-36(7)55(89)77-46(66(100)101)31-38-15-17-39(83)18-16-38/h15-18,33-37,40-49,54,82-83H,9-14,19-32,67H2,1-8H3,(H2,68,84)(H2,69,85)(H,70,90)(H,71,96)(H,72,86)(H,73,93)(H,74,94)(H,75,91)(H,76,95)(H,77,89)(H,78,92)(H,87,88)(H,100,101)/p+1/t36-,37+,40-,41-,42-,43-,44-,45-,46-,47-,48-,49-,54-/m0/s1. The third-order valence-electron chi connectivity index (χ3n) is 17.4. The van der Waals surface area contributed by atoms with Gasteiger partial charge in [0.15, 0.2) is 6.04 Å². The van der Waals surface area contributed by atoms with Crippen LogP contribution in [0.15, 0.2) is 24.3 Å². The number of aliphatic hydroxyl groups excluding tert-OH is 1. The Morgan fingerprint density at radius 1 is 0.485 bits per heavy atom. The van der Waals surface area contributed by atoms with Crippen LogP contribution in [-0.4, -0.2) is 235 Å². The number of carbonyl (C=O) groups excluding carboxylic acids is 14. The van der Waals surface area contributed by atoms with Gasteiger partial charge in [0.1, 0.15) is 72.2 Å². The molecule has 0 saturated carbocycles. The summed E-state index contributed by atoms with van der Waals surface area (Å²) < 4.78 is 0. The van der Waals surface area contributed by atoms with Gasteiger partial charge in [-0.15, -0.1) is 0 Å². The van der Waals surface area contributed by atoms with E-state index in [1.807, 2.05) is 13.8 Å². The van der Waals surface area contributed by atoms with E-state index in [4.69, 9.17) is 11.5 Å². The van der Waals surface area contributed by atoms with E-state index in [9.17, 15) is 97.1 Å². The molecule has 0 bridgehead atoms. The zero-order chi connectivity index (χ0) is 75.7. The molecule has 3 fully saturated rings. The van der Waals surface area contributed by atoms with Gasteiger partial charge in [0.2, 0.25) is 76.8 Å². The van der Waals surface area contributed by atoms with Gasteiger partial charge in [-0.05, 0) is 120 Å². The fraction of sp³-hybridized carbons (Fsp3) is 0.667. The molecule has 35 heteroatoms. The molecule has 0 unspecified atom stereocenters. The number of nitrogens with two attached hydrogens (primary N) is 2. The Labute approximate surface area is 585 Å². The molecule has 13 atom stereocenters. The normalized spacial score (nSPS) is 18.8. The summed E-state index contributed by atoms with van der Waals surface area (Å²) in [6.45, 7) is 12.7. The van der Waals surface area contributed by atoms with Crippen LogP contribution in [0, 0.1) is 17.8 Å². The number of phenols is 1. The number of primary amides is 2. The third-order valence-corrected chi connectivity index (χ3v) is 17.4. The number of hydrogen-bond donors (Lipinski definition) is 16. The molecule has 20 N–H and O–H groups in total.